The number of aromatic nitrogens is 1. The van der Waals surface area contributed by atoms with Crippen LogP contribution in [-0.4, -0.2) is 24.8 Å². The first-order chi connectivity index (χ1) is 5.69. The first-order valence-corrected chi connectivity index (χ1v) is 3.64. The minimum atomic E-state index is -0.336. The van der Waals surface area contributed by atoms with Crippen molar-refractivity contribution in [3.63, 3.8) is 0 Å². The maximum Gasteiger partial charge on any atom is 0.356 e. The van der Waals surface area contributed by atoms with Crippen LogP contribution in [0.1, 0.15) is 16.1 Å². The van der Waals surface area contributed by atoms with Crippen LogP contribution in [0.2, 0.25) is 0 Å². The lowest BCUT2D eigenvalue weighted by Crippen LogP contribution is -2.15. The third-order valence-electron chi connectivity index (χ3n) is 1.59. The number of carbonyl (C=O) groups excluding carboxylic acids is 1. The molecule has 12 heavy (non-hydrogen) atoms. The number of aryl methyl sites for hydroxylation is 1. The van der Waals surface area contributed by atoms with Gasteiger partial charge >= 0.3 is 5.97 Å². The Hall–Kier alpha value is -1.45. The molecule has 0 atom stereocenters. The Bertz CT molecular complexity index is 291. The molecule has 0 unspecified atom stereocenters. The van der Waals surface area contributed by atoms with Crippen molar-refractivity contribution in [1.82, 2.24) is 4.68 Å². The Morgan fingerprint density at radius 1 is 1.67 bits per heavy atom. The van der Waals surface area contributed by atoms with E-state index in [1.165, 1.54) is 7.11 Å². The quantitative estimate of drug-likeness (QED) is 0.663. The third kappa shape index (κ3) is 1.42. The van der Waals surface area contributed by atoms with Gasteiger partial charge in [-0.3, -0.25) is 4.68 Å². The Morgan fingerprint density at radius 3 is 2.83 bits per heavy atom. The van der Waals surface area contributed by atoms with Crippen LogP contribution in [0.15, 0.2) is 12.3 Å². The molecule has 0 bridgehead atoms. The summed E-state index contributed by atoms with van der Waals surface area (Å²) in [6, 6.07) is 1.77. The fraction of sp³-hybridized carbons (Fsp3) is 0.375. The third-order valence-corrected chi connectivity index (χ3v) is 1.59. The van der Waals surface area contributed by atoms with Gasteiger partial charge in [-0.2, -0.15) is 0 Å². The Morgan fingerprint density at radius 2 is 2.33 bits per heavy atom. The molecule has 0 radical (unpaired) electrons. The zero-order valence-electron chi connectivity index (χ0n) is 7.42. The van der Waals surface area contributed by atoms with Gasteiger partial charge < -0.3 is 10.2 Å². The van der Waals surface area contributed by atoms with Gasteiger partial charge in [-0.05, 0) is 18.6 Å². The number of esters is 1. The number of nitrogens with zero attached hydrogens (tertiary/aromatic N) is 1. The summed E-state index contributed by atoms with van der Waals surface area (Å²) >= 11 is 0. The predicted octanol–water partition coefficient (Wildman–Crippen LogP) is 0.756. The highest BCUT2D eigenvalue weighted by molar-refractivity contribution is 5.88. The van der Waals surface area contributed by atoms with Crippen LogP contribution in [0.3, 0.4) is 0 Å². The second kappa shape index (κ2) is 3.30. The molecule has 1 aromatic heterocycles. The Labute approximate surface area is 71.1 Å². The molecular weight excluding hydrogens is 156 g/mol. The molecule has 1 heterocycles. The smallest absolute Gasteiger partial charge is 0.356 e. The van der Waals surface area contributed by atoms with E-state index < -0.39 is 0 Å². The fourth-order valence-electron chi connectivity index (χ4n) is 1.04. The van der Waals surface area contributed by atoms with Crippen molar-refractivity contribution in [1.29, 1.82) is 0 Å². The van der Waals surface area contributed by atoms with Crippen molar-refractivity contribution in [2.24, 2.45) is 0 Å². The highest BCUT2D eigenvalue weighted by Gasteiger charge is 2.11. The standard InChI is InChI=1S/C8H12N2O2/c1-6-4-7(8(11)12-3)10(5-6)9-2/h4-5,9H,1-3H3. The van der Waals surface area contributed by atoms with Gasteiger partial charge in [-0.25, -0.2) is 4.79 Å². The largest absolute Gasteiger partial charge is 0.464 e. The lowest BCUT2D eigenvalue weighted by molar-refractivity contribution is 0.0590. The number of nitrogens with one attached hydrogen (secondary N) is 1. The summed E-state index contributed by atoms with van der Waals surface area (Å²) in [5, 5.41) is 0. The normalized spacial score (nSPS) is 9.58. The molecule has 66 valence electrons. The average molecular weight is 168 g/mol. The van der Waals surface area contributed by atoms with E-state index in [1.54, 1.807) is 17.8 Å². The van der Waals surface area contributed by atoms with E-state index in [4.69, 9.17) is 0 Å². The van der Waals surface area contributed by atoms with Crippen molar-refractivity contribution in [3.8, 4) is 0 Å². The van der Waals surface area contributed by atoms with Gasteiger partial charge in [0.25, 0.3) is 0 Å². The molecule has 4 heteroatoms. The van der Waals surface area contributed by atoms with E-state index in [0.717, 1.165) is 5.56 Å². The predicted molar refractivity (Wildman–Crippen MR) is 45.8 cm³/mol. The van der Waals surface area contributed by atoms with E-state index in [0.29, 0.717) is 5.69 Å². The molecule has 1 N–H and O–H groups in total. The molecule has 0 aromatic carbocycles. The number of ether oxygens (including phenoxy) is 1. The molecule has 1 aromatic rings. The van der Waals surface area contributed by atoms with Crippen LogP contribution < -0.4 is 5.43 Å². The Balaban J connectivity index is 3.04. The molecule has 0 aliphatic rings. The molecular formula is C8H12N2O2. The summed E-state index contributed by atoms with van der Waals surface area (Å²) in [5.41, 5.74) is 4.38. The van der Waals surface area contributed by atoms with Crippen molar-refractivity contribution < 1.29 is 9.53 Å². The van der Waals surface area contributed by atoms with Crippen LogP contribution in [0, 0.1) is 6.92 Å². The van der Waals surface area contributed by atoms with Gasteiger partial charge in [0.1, 0.15) is 5.69 Å². The number of hydrogen-bond donors (Lipinski definition) is 1. The minimum absolute atomic E-state index is 0.336. The van der Waals surface area contributed by atoms with Crippen molar-refractivity contribution in [2.75, 3.05) is 19.6 Å². The lowest BCUT2D eigenvalue weighted by Gasteiger charge is -2.04. The maximum absolute atomic E-state index is 11.1. The summed E-state index contributed by atoms with van der Waals surface area (Å²) in [6.45, 7) is 1.92. The molecule has 4 nitrogen and oxygen atoms in total. The van der Waals surface area contributed by atoms with E-state index in [1.807, 2.05) is 13.1 Å². The average Bonchev–Trinajstić information content (AvgIpc) is 2.45. The van der Waals surface area contributed by atoms with Gasteiger partial charge in [0.2, 0.25) is 0 Å². The molecule has 0 saturated carbocycles. The van der Waals surface area contributed by atoms with Crippen LogP contribution in [0.25, 0.3) is 0 Å². The van der Waals surface area contributed by atoms with Crippen LogP contribution in [0.5, 0.6) is 0 Å². The van der Waals surface area contributed by atoms with Gasteiger partial charge in [0.15, 0.2) is 0 Å². The van der Waals surface area contributed by atoms with Gasteiger partial charge in [0.05, 0.1) is 7.11 Å². The summed E-state index contributed by atoms with van der Waals surface area (Å²) in [7, 11) is 3.11. The zero-order valence-corrected chi connectivity index (χ0v) is 7.42. The minimum Gasteiger partial charge on any atom is -0.464 e. The monoisotopic (exact) mass is 168 g/mol. The van der Waals surface area contributed by atoms with Crippen LogP contribution >= 0.6 is 0 Å². The molecule has 0 amide bonds. The SMILES string of the molecule is CNn1cc(C)cc1C(=O)OC. The Kier molecular flexibility index (Phi) is 2.38. The first-order valence-electron chi connectivity index (χ1n) is 3.64. The number of rotatable bonds is 2. The topological polar surface area (TPSA) is 43.3 Å². The van der Waals surface area contributed by atoms with E-state index in [9.17, 15) is 4.79 Å². The van der Waals surface area contributed by atoms with E-state index in [2.05, 4.69) is 10.2 Å². The molecule has 0 aliphatic carbocycles. The molecule has 0 fully saturated rings. The highest BCUT2D eigenvalue weighted by atomic mass is 16.5. The van der Waals surface area contributed by atoms with Gasteiger partial charge in [-0.1, -0.05) is 0 Å². The second-order valence-corrected chi connectivity index (χ2v) is 2.49. The fourth-order valence-corrected chi connectivity index (χ4v) is 1.04. The van der Waals surface area contributed by atoms with Crippen LogP contribution in [-0.2, 0) is 4.74 Å². The molecule has 1 rings (SSSR count). The number of hydrogen-bond acceptors (Lipinski definition) is 3. The van der Waals surface area contributed by atoms with Crippen molar-refractivity contribution in [3.05, 3.63) is 23.5 Å². The number of methoxy groups -OCH3 is 1. The van der Waals surface area contributed by atoms with Gasteiger partial charge in [-0.15, -0.1) is 0 Å². The summed E-state index contributed by atoms with van der Waals surface area (Å²) < 4.78 is 6.22. The second-order valence-electron chi connectivity index (χ2n) is 2.49. The molecule has 0 saturated heterocycles. The van der Waals surface area contributed by atoms with Gasteiger partial charge in [0, 0.05) is 13.2 Å². The van der Waals surface area contributed by atoms with E-state index >= 15 is 0 Å². The van der Waals surface area contributed by atoms with Crippen LogP contribution in [0.4, 0.5) is 0 Å². The summed E-state index contributed by atoms with van der Waals surface area (Å²) in [5.74, 6) is -0.336. The van der Waals surface area contributed by atoms with E-state index in [-0.39, 0.29) is 5.97 Å². The number of carbonyl (C=O) groups is 1. The highest BCUT2D eigenvalue weighted by Crippen LogP contribution is 2.06. The molecule has 0 aliphatic heterocycles. The van der Waals surface area contributed by atoms with Crippen molar-refractivity contribution in [2.45, 2.75) is 6.92 Å². The van der Waals surface area contributed by atoms with Crippen molar-refractivity contribution >= 4 is 5.97 Å². The lowest BCUT2D eigenvalue weighted by atomic mass is 10.3. The summed E-state index contributed by atoms with van der Waals surface area (Å²) in [6.07, 6.45) is 1.83. The maximum atomic E-state index is 11.1. The molecule has 0 spiro atoms. The summed E-state index contributed by atoms with van der Waals surface area (Å²) in [4.78, 5) is 11.1. The first kappa shape index (κ1) is 8.64. The zero-order chi connectivity index (χ0) is 9.14.